The molecule has 1 aliphatic rings. The first kappa shape index (κ1) is 26.5. The maximum Gasteiger partial charge on any atom is 0.410 e. The molecule has 0 atom stereocenters. The molecule has 1 aromatic carbocycles. The van der Waals surface area contributed by atoms with E-state index in [-0.39, 0.29) is 17.7 Å². The highest BCUT2D eigenvalue weighted by atomic mass is 16.6. The van der Waals surface area contributed by atoms with Gasteiger partial charge < -0.3 is 25.1 Å². The van der Waals surface area contributed by atoms with Crippen molar-refractivity contribution in [1.82, 2.24) is 24.6 Å². The van der Waals surface area contributed by atoms with Crippen LogP contribution >= 0.6 is 0 Å². The molecular weight excluding hydrogens is 494 g/mol. The third-order valence-electron chi connectivity index (χ3n) is 6.42. The van der Waals surface area contributed by atoms with E-state index in [4.69, 9.17) is 30.0 Å². The SMILES string of the molecule is CC(C)(C)Nc1ncc(-c2ccn(C3CCN(C(=O)OC(C)(C)C)CC3)n2)cc1-c1nc2ccc(N)cc2o1. The van der Waals surface area contributed by atoms with Crippen LogP contribution in [0.1, 0.15) is 60.4 Å². The molecule has 39 heavy (non-hydrogen) atoms. The fourth-order valence-corrected chi connectivity index (χ4v) is 4.61. The summed E-state index contributed by atoms with van der Waals surface area (Å²) >= 11 is 0. The summed E-state index contributed by atoms with van der Waals surface area (Å²) in [5.74, 6) is 1.14. The van der Waals surface area contributed by atoms with Crippen molar-refractivity contribution >= 4 is 28.7 Å². The first-order valence-electron chi connectivity index (χ1n) is 13.3. The normalized spacial score (nSPS) is 15.1. The van der Waals surface area contributed by atoms with Gasteiger partial charge in [0.05, 0.1) is 17.3 Å². The fourth-order valence-electron chi connectivity index (χ4n) is 4.61. The summed E-state index contributed by atoms with van der Waals surface area (Å²) in [5.41, 5.74) is 9.62. The number of nitrogen functional groups attached to an aromatic ring is 1. The Kier molecular flexibility index (Phi) is 6.74. The molecular formula is C29H37N7O3. The van der Waals surface area contributed by atoms with E-state index in [9.17, 15) is 4.79 Å². The Morgan fingerprint density at radius 1 is 1.10 bits per heavy atom. The molecule has 0 saturated carbocycles. The average molecular weight is 532 g/mol. The van der Waals surface area contributed by atoms with Crippen LogP contribution in [0, 0.1) is 0 Å². The van der Waals surface area contributed by atoms with Crippen LogP contribution in [0.2, 0.25) is 0 Å². The van der Waals surface area contributed by atoms with Crippen molar-refractivity contribution in [1.29, 1.82) is 0 Å². The van der Waals surface area contributed by atoms with Gasteiger partial charge in [0.1, 0.15) is 16.9 Å². The van der Waals surface area contributed by atoms with Crippen LogP contribution in [0.5, 0.6) is 0 Å². The number of likely N-dealkylation sites (tertiary alicyclic amines) is 1. The Hall–Kier alpha value is -4.08. The van der Waals surface area contributed by atoms with Crippen LogP contribution in [0.3, 0.4) is 0 Å². The van der Waals surface area contributed by atoms with E-state index in [2.05, 4.69) is 26.1 Å². The second kappa shape index (κ2) is 9.91. The van der Waals surface area contributed by atoms with Crippen molar-refractivity contribution in [3.05, 3.63) is 42.7 Å². The zero-order valence-electron chi connectivity index (χ0n) is 23.5. The number of nitrogens with two attached hydrogens (primary N) is 1. The fraction of sp³-hybridized carbons (Fsp3) is 0.448. The number of oxazole rings is 1. The first-order chi connectivity index (χ1) is 18.3. The van der Waals surface area contributed by atoms with E-state index < -0.39 is 5.60 Å². The van der Waals surface area contributed by atoms with Crippen molar-refractivity contribution < 1.29 is 13.9 Å². The molecule has 1 saturated heterocycles. The smallest absolute Gasteiger partial charge is 0.410 e. The van der Waals surface area contributed by atoms with Gasteiger partial charge >= 0.3 is 6.09 Å². The van der Waals surface area contributed by atoms with Crippen LogP contribution in [-0.4, -0.2) is 55.0 Å². The van der Waals surface area contributed by atoms with Crippen molar-refractivity contribution in [2.45, 2.75) is 71.6 Å². The Morgan fingerprint density at radius 3 is 2.54 bits per heavy atom. The standard InChI is InChI=1S/C29H37N7O3/c1-28(2,3)33-25-21(26-32-23-8-7-19(30)16-24(23)38-26)15-18(17-31-25)22-11-14-36(34-22)20-9-12-35(13-10-20)27(37)39-29(4,5)6/h7-8,11,14-17,20H,9-10,12-13,30H2,1-6H3,(H,31,33). The minimum atomic E-state index is -0.499. The van der Waals surface area contributed by atoms with Gasteiger partial charge in [-0.15, -0.1) is 0 Å². The summed E-state index contributed by atoms with van der Waals surface area (Å²) in [6.45, 7) is 13.2. The van der Waals surface area contributed by atoms with Crippen LogP contribution < -0.4 is 11.1 Å². The zero-order chi connectivity index (χ0) is 27.9. The Labute approximate surface area is 228 Å². The number of piperidine rings is 1. The molecule has 206 valence electrons. The van der Waals surface area contributed by atoms with Crippen LogP contribution in [0.15, 0.2) is 47.1 Å². The van der Waals surface area contributed by atoms with Crippen LogP contribution in [0.25, 0.3) is 33.8 Å². The third-order valence-corrected chi connectivity index (χ3v) is 6.42. The van der Waals surface area contributed by atoms with Gasteiger partial charge in [0.25, 0.3) is 0 Å². The quantitative estimate of drug-likeness (QED) is 0.302. The summed E-state index contributed by atoms with van der Waals surface area (Å²) in [6, 6.07) is 9.63. The Balaban J connectivity index is 1.39. The van der Waals surface area contributed by atoms with Gasteiger partial charge in [0.2, 0.25) is 5.89 Å². The molecule has 5 rings (SSSR count). The molecule has 0 aliphatic carbocycles. The monoisotopic (exact) mass is 531 g/mol. The number of carbonyl (C=O) groups excluding carboxylic acids is 1. The van der Waals surface area contributed by atoms with Crippen LogP contribution in [-0.2, 0) is 4.74 Å². The van der Waals surface area contributed by atoms with Crippen molar-refractivity contribution in [3.63, 3.8) is 0 Å². The number of aromatic nitrogens is 4. The molecule has 1 amide bonds. The van der Waals surface area contributed by atoms with Gasteiger partial charge in [-0.3, -0.25) is 4.68 Å². The second-order valence-electron chi connectivity index (χ2n) is 12.1. The number of nitrogens with one attached hydrogen (secondary N) is 1. The predicted octanol–water partition coefficient (Wildman–Crippen LogP) is 6.12. The summed E-state index contributed by atoms with van der Waals surface area (Å²) in [5, 5.41) is 8.34. The lowest BCUT2D eigenvalue weighted by molar-refractivity contribution is 0.0185. The Morgan fingerprint density at radius 2 is 1.85 bits per heavy atom. The summed E-state index contributed by atoms with van der Waals surface area (Å²) < 4.78 is 13.6. The van der Waals surface area contributed by atoms with Crippen molar-refractivity contribution in [2.75, 3.05) is 24.1 Å². The molecule has 0 radical (unpaired) electrons. The summed E-state index contributed by atoms with van der Waals surface area (Å²) in [4.78, 5) is 23.7. The molecule has 0 bridgehead atoms. The lowest BCUT2D eigenvalue weighted by atomic mass is 10.1. The van der Waals surface area contributed by atoms with E-state index >= 15 is 0 Å². The van der Waals surface area contributed by atoms with Crippen LogP contribution in [0.4, 0.5) is 16.3 Å². The van der Waals surface area contributed by atoms with Gasteiger partial charge in [-0.1, -0.05) is 0 Å². The molecule has 3 N–H and O–H groups in total. The summed E-state index contributed by atoms with van der Waals surface area (Å²) in [7, 11) is 0. The maximum atomic E-state index is 12.4. The molecule has 1 aliphatic heterocycles. The van der Waals surface area contributed by atoms with Gasteiger partial charge in [-0.2, -0.15) is 5.10 Å². The maximum absolute atomic E-state index is 12.4. The van der Waals surface area contributed by atoms with Gasteiger partial charge in [-0.05, 0) is 78.6 Å². The number of ether oxygens (including phenoxy) is 1. The number of rotatable bonds is 4. The summed E-state index contributed by atoms with van der Waals surface area (Å²) in [6.07, 6.45) is 5.17. The molecule has 10 heteroatoms. The number of amides is 1. The molecule has 4 aromatic rings. The lowest BCUT2D eigenvalue weighted by Gasteiger charge is -2.33. The first-order valence-corrected chi connectivity index (χ1v) is 13.3. The number of anilines is 2. The highest BCUT2D eigenvalue weighted by molar-refractivity contribution is 5.83. The number of benzene rings is 1. The minimum absolute atomic E-state index is 0.203. The minimum Gasteiger partial charge on any atom is -0.444 e. The highest BCUT2D eigenvalue weighted by Gasteiger charge is 2.28. The third kappa shape index (κ3) is 6.16. The van der Waals surface area contributed by atoms with E-state index in [0.29, 0.717) is 36.1 Å². The lowest BCUT2D eigenvalue weighted by Crippen LogP contribution is -2.42. The van der Waals surface area contributed by atoms with Gasteiger partial charge in [0, 0.05) is 48.3 Å². The number of fused-ring (bicyclic) bond motifs is 1. The number of pyridine rings is 1. The molecule has 10 nitrogen and oxygen atoms in total. The highest BCUT2D eigenvalue weighted by Crippen LogP contribution is 2.34. The molecule has 1 fully saturated rings. The van der Waals surface area contributed by atoms with E-state index in [1.165, 1.54) is 0 Å². The van der Waals surface area contributed by atoms with Gasteiger partial charge in [0.15, 0.2) is 5.58 Å². The van der Waals surface area contributed by atoms with E-state index in [1.54, 1.807) is 11.0 Å². The largest absolute Gasteiger partial charge is 0.444 e. The molecule has 3 aromatic heterocycles. The molecule has 4 heterocycles. The number of carbonyl (C=O) groups is 1. The molecule has 0 spiro atoms. The van der Waals surface area contributed by atoms with Crippen molar-refractivity contribution in [2.24, 2.45) is 0 Å². The number of hydrogen-bond acceptors (Lipinski definition) is 8. The zero-order valence-corrected chi connectivity index (χ0v) is 23.5. The number of hydrogen-bond donors (Lipinski definition) is 2. The Bertz CT molecular complexity index is 1480. The second-order valence-corrected chi connectivity index (χ2v) is 12.1. The predicted molar refractivity (Wildman–Crippen MR) is 152 cm³/mol. The topological polar surface area (TPSA) is 124 Å². The van der Waals surface area contributed by atoms with E-state index in [0.717, 1.165) is 35.2 Å². The van der Waals surface area contributed by atoms with Gasteiger partial charge in [-0.25, -0.2) is 14.8 Å². The number of nitrogens with zero attached hydrogens (tertiary/aromatic N) is 5. The average Bonchev–Trinajstić information content (AvgIpc) is 3.50. The molecule has 0 unspecified atom stereocenters. The van der Waals surface area contributed by atoms with Crippen molar-refractivity contribution in [3.8, 4) is 22.7 Å². The van der Waals surface area contributed by atoms with E-state index in [1.807, 2.05) is 62.1 Å².